The van der Waals surface area contributed by atoms with Crippen LogP contribution in [0.3, 0.4) is 0 Å². The van der Waals surface area contributed by atoms with Gasteiger partial charge in [0.2, 0.25) is 0 Å². The van der Waals surface area contributed by atoms with Gasteiger partial charge in [0.15, 0.2) is 0 Å². The molecular formula is C9H12. The van der Waals surface area contributed by atoms with E-state index in [2.05, 4.69) is 26.2 Å². The molecule has 0 aromatic heterocycles. The summed E-state index contributed by atoms with van der Waals surface area (Å²) in [6.45, 7) is 9.95. The first-order valence-corrected chi connectivity index (χ1v) is 3.32. The fourth-order valence-electron chi connectivity index (χ4n) is 1.08. The number of rotatable bonds is 1. The van der Waals surface area contributed by atoms with Crippen molar-refractivity contribution in [2.45, 2.75) is 19.8 Å². The molecule has 1 aliphatic carbocycles. The predicted molar refractivity (Wildman–Crippen MR) is 41.3 cm³/mol. The second kappa shape index (κ2) is 2.22. The van der Waals surface area contributed by atoms with E-state index < -0.39 is 0 Å². The minimum absolute atomic E-state index is 1.02. The van der Waals surface area contributed by atoms with Crippen LogP contribution < -0.4 is 0 Å². The summed E-state index contributed by atoms with van der Waals surface area (Å²) in [5, 5.41) is 0. The van der Waals surface area contributed by atoms with E-state index >= 15 is 0 Å². The topological polar surface area (TPSA) is 0 Å². The van der Waals surface area contributed by atoms with Gasteiger partial charge in [0.1, 0.15) is 0 Å². The summed E-state index contributed by atoms with van der Waals surface area (Å²) in [6.07, 6.45) is 4.32. The van der Waals surface area contributed by atoms with Crippen LogP contribution in [-0.4, -0.2) is 0 Å². The summed E-state index contributed by atoms with van der Waals surface area (Å²) in [5.74, 6) is 0. The van der Waals surface area contributed by atoms with Crippen LogP contribution in [0.2, 0.25) is 0 Å². The Kier molecular flexibility index (Phi) is 1.56. The van der Waals surface area contributed by atoms with Gasteiger partial charge in [0.25, 0.3) is 0 Å². The van der Waals surface area contributed by atoms with E-state index in [1.807, 2.05) is 0 Å². The molecule has 0 nitrogen and oxygen atoms in total. The summed E-state index contributed by atoms with van der Waals surface area (Å²) in [5.41, 5.74) is 3.73. The Morgan fingerprint density at radius 1 is 1.56 bits per heavy atom. The summed E-state index contributed by atoms with van der Waals surface area (Å²) in [7, 11) is 0. The molecule has 0 heteroatoms. The first kappa shape index (κ1) is 6.34. The van der Waals surface area contributed by atoms with E-state index in [-0.39, 0.29) is 0 Å². The standard InChI is InChI=1S/C9H12/c1-4-9-6-5-7(2)8(9)3/h6H,2-5H2,1H3. The molecule has 48 valence electrons. The van der Waals surface area contributed by atoms with Gasteiger partial charge >= 0.3 is 0 Å². The van der Waals surface area contributed by atoms with Crippen LogP contribution >= 0.6 is 0 Å². The lowest BCUT2D eigenvalue weighted by Crippen LogP contribution is -1.79. The maximum Gasteiger partial charge on any atom is -0.00915 e. The summed E-state index contributed by atoms with van der Waals surface area (Å²) in [6, 6.07) is 0. The van der Waals surface area contributed by atoms with Crippen LogP contribution in [0.4, 0.5) is 0 Å². The van der Waals surface area contributed by atoms with E-state index in [4.69, 9.17) is 0 Å². The molecule has 0 heterocycles. The lowest BCUT2D eigenvalue weighted by atomic mass is 10.1. The molecule has 0 N–H and O–H groups in total. The van der Waals surface area contributed by atoms with Crippen LogP contribution in [0.25, 0.3) is 0 Å². The van der Waals surface area contributed by atoms with Crippen molar-refractivity contribution in [1.82, 2.24) is 0 Å². The van der Waals surface area contributed by atoms with Crippen molar-refractivity contribution in [3.05, 3.63) is 36.0 Å². The van der Waals surface area contributed by atoms with Crippen molar-refractivity contribution in [1.29, 1.82) is 0 Å². The molecule has 0 fully saturated rings. The van der Waals surface area contributed by atoms with Gasteiger partial charge in [-0.25, -0.2) is 0 Å². The molecule has 0 spiro atoms. The Balaban J connectivity index is 2.78. The van der Waals surface area contributed by atoms with Crippen molar-refractivity contribution in [2.75, 3.05) is 0 Å². The van der Waals surface area contributed by atoms with E-state index in [1.165, 1.54) is 11.1 Å². The van der Waals surface area contributed by atoms with Gasteiger partial charge in [-0.1, -0.05) is 26.2 Å². The van der Waals surface area contributed by atoms with Gasteiger partial charge in [-0.05, 0) is 29.6 Å². The van der Waals surface area contributed by atoms with Crippen LogP contribution in [-0.2, 0) is 0 Å². The normalized spacial score (nSPS) is 18.6. The quantitative estimate of drug-likeness (QED) is 0.499. The van der Waals surface area contributed by atoms with Crippen molar-refractivity contribution in [3.8, 4) is 0 Å². The minimum Gasteiger partial charge on any atom is -0.0949 e. The molecular weight excluding hydrogens is 108 g/mol. The minimum atomic E-state index is 1.02. The Morgan fingerprint density at radius 2 is 2.22 bits per heavy atom. The Hall–Kier alpha value is -0.780. The molecule has 0 radical (unpaired) electrons. The Morgan fingerprint density at radius 3 is 2.44 bits per heavy atom. The van der Waals surface area contributed by atoms with Gasteiger partial charge in [0.05, 0.1) is 0 Å². The third-order valence-corrected chi connectivity index (χ3v) is 1.79. The van der Waals surface area contributed by atoms with Gasteiger partial charge in [-0.3, -0.25) is 0 Å². The number of hydrogen-bond acceptors (Lipinski definition) is 0. The zero-order valence-corrected chi connectivity index (χ0v) is 5.91. The van der Waals surface area contributed by atoms with Crippen molar-refractivity contribution in [3.63, 3.8) is 0 Å². The maximum absolute atomic E-state index is 3.92. The number of allylic oxidation sites excluding steroid dienone is 4. The van der Waals surface area contributed by atoms with Crippen LogP contribution in [0, 0.1) is 0 Å². The van der Waals surface area contributed by atoms with Gasteiger partial charge < -0.3 is 0 Å². The first-order valence-electron chi connectivity index (χ1n) is 3.32. The highest BCUT2D eigenvalue weighted by molar-refractivity contribution is 5.49. The highest BCUT2D eigenvalue weighted by atomic mass is 14.1. The highest BCUT2D eigenvalue weighted by Gasteiger charge is 2.09. The fourth-order valence-corrected chi connectivity index (χ4v) is 1.08. The fraction of sp³-hybridized carbons (Fsp3) is 0.333. The smallest absolute Gasteiger partial charge is 0.00915 e. The average Bonchev–Trinajstić information content (AvgIpc) is 2.15. The molecule has 1 aliphatic rings. The lowest BCUT2D eigenvalue weighted by molar-refractivity contribution is 1.14. The second-order valence-corrected chi connectivity index (χ2v) is 2.37. The number of hydrogen-bond donors (Lipinski definition) is 0. The zero-order chi connectivity index (χ0) is 6.85. The SMILES string of the molecule is C=C1CC=C(CC)C1=C. The third kappa shape index (κ3) is 0.973. The van der Waals surface area contributed by atoms with Crippen LogP contribution in [0.15, 0.2) is 36.0 Å². The maximum atomic E-state index is 3.92. The molecule has 1 rings (SSSR count). The molecule has 0 saturated heterocycles. The van der Waals surface area contributed by atoms with Crippen molar-refractivity contribution >= 4 is 0 Å². The van der Waals surface area contributed by atoms with E-state index in [0.29, 0.717) is 0 Å². The second-order valence-electron chi connectivity index (χ2n) is 2.37. The third-order valence-electron chi connectivity index (χ3n) is 1.79. The van der Waals surface area contributed by atoms with Crippen LogP contribution in [0.1, 0.15) is 19.8 Å². The van der Waals surface area contributed by atoms with E-state index in [1.54, 1.807) is 0 Å². The molecule has 0 aliphatic heterocycles. The monoisotopic (exact) mass is 120 g/mol. The summed E-state index contributed by atoms with van der Waals surface area (Å²) in [4.78, 5) is 0. The van der Waals surface area contributed by atoms with Gasteiger partial charge in [-0.2, -0.15) is 0 Å². The van der Waals surface area contributed by atoms with Crippen molar-refractivity contribution in [2.24, 2.45) is 0 Å². The molecule has 0 aromatic carbocycles. The highest BCUT2D eigenvalue weighted by Crippen LogP contribution is 2.29. The molecule has 0 saturated carbocycles. The first-order chi connectivity index (χ1) is 4.25. The largest absolute Gasteiger partial charge is 0.0949 e. The lowest BCUT2D eigenvalue weighted by Gasteiger charge is -1.98. The predicted octanol–water partition coefficient (Wildman–Crippen LogP) is 2.84. The average molecular weight is 120 g/mol. The zero-order valence-electron chi connectivity index (χ0n) is 5.91. The molecule has 0 bridgehead atoms. The summed E-state index contributed by atoms with van der Waals surface area (Å²) < 4.78 is 0. The van der Waals surface area contributed by atoms with E-state index in [0.717, 1.165) is 18.4 Å². The van der Waals surface area contributed by atoms with Gasteiger partial charge in [-0.15, -0.1) is 0 Å². The molecule has 0 unspecified atom stereocenters. The Labute approximate surface area is 56.6 Å². The van der Waals surface area contributed by atoms with E-state index in [9.17, 15) is 0 Å². The molecule has 9 heavy (non-hydrogen) atoms. The molecule has 0 aromatic rings. The Bertz CT molecular complexity index is 182. The van der Waals surface area contributed by atoms with Crippen molar-refractivity contribution < 1.29 is 0 Å². The molecule has 0 amide bonds. The van der Waals surface area contributed by atoms with Crippen LogP contribution in [0.5, 0.6) is 0 Å². The van der Waals surface area contributed by atoms with Gasteiger partial charge in [0, 0.05) is 0 Å². The molecule has 0 atom stereocenters. The summed E-state index contributed by atoms with van der Waals surface area (Å²) >= 11 is 0.